The van der Waals surface area contributed by atoms with E-state index in [1.54, 1.807) is 17.8 Å². The first-order chi connectivity index (χ1) is 6.73. The lowest BCUT2D eigenvalue weighted by atomic mass is 9.87. The quantitative estimate of drug-likeness (QED) is 0.741. The highest BCUT2D eigenvalue weighted by Crippen LogP contribution is 2.18. The van der Waals surface area contributed by atoms with Gasteiger partial charge in [-0.2, -0.15) is 0 Å². The van der Waals surface area contributed by atoms with Gasteiger partial charge in [-0.1, -0.05) is 20.8 Å². The number of hydrogen-bond acceptors (Lipinski definition) is 2. The zero-order valence-corrected chi connectivity index (χ0v) is 9.50. The first-order valence-corrected chi connectivity index (χ1v) is 4.74. The standard InChI is InChI=1S/C11H16N2O2/c1-11(2,3)8-6-13(4)5-7(9(8)14)10(12)15/h5-6H,1-4H3,(H2,12,15). The fourth-order valence-corrected chi connectivity index (χ4v) is 1.42. The van der Waals surface area contributed by atoms with Crippen LogP contribution in [0.4, 0.5) is 0 Å². The number of amides is 1. The lowest BCUT2D eigenvalue weighted by Gasteiger charge is -2.19. The highest BCUT2D eigenvalue weighted by atomic mass is 16.2. The van der Waals surface area contributed by atoms with Crippen LogP contribution < -0.4 is 11.2 Å². The molecule has 0 radical (unpaired) electrons. The largest absolute Gasteiger partial charge is 0.365 e. The minimum atomic E-state index is -0.679. The number of nitrogens with two attached hydrogens (primary N) is 1. The number of hydrogen-bond donors (Lipinski definition) is 1. The Balaban J connectivity index is 3.57. The van der Waals surface area contributed by atoms with Crippen molar-refractivity contribution in [2.45, 2.75) is 26.2 Å². The summed E-state index contributed by atoms with van der Waals surface area (Å²) in [5.74, 6) is -0.679. The van der Waals surface area contributed by atoms with Crippen molar-refractivity contribution in [2.75, 3.05) is 0 Å². The van der Waals surface area contributed by atoms with Crippen molar-refractivity contribution in [3.8, 4) is 0 Å². The number of aromatic nitrogens is 1. The fraction of sp³-hybridized carbons (Fsp3) is 0.455. The second-order valence-corrected chi connectivity index (χ2v) is 4.69. The SMILES string of the molecule is Cn1cc(C(N)=O)c(=O)c(C(C)(C)C)c1. The van der Waals surface area contributed by atoms with Crippen molar-refractivity contribution < 1.29 is 4.79 Å². The van der Waals surface area contributed by atoms with Crippen LogP contribution in [0.1, 0.15) is 36.7 Å². The Hall–Kier alpha value is -1.58. The lowest BCUT2D eigenvalue weighted by molar-refractivity contribution is 0.0998. The second-order valence-electron chi connectivity index (χ2n) is 4.69. The number of pyridine rings is 1. The van der Waals surface area contributed by atoms with Gasteiger partial charge in [-0.3, -0.25) is 9.59 Å². The number of carbonyl (C=O) groups excluding carboxylic acids is 1. The predicted octanol–water partition coefficient (Wildman–Crippen LogP) is 0.782. The molecule has 1 aromatic heterocycles. The molecule has 0 spiro atoms. The van der Waals surface area contributed by atoms with Gasteiger partial charge in [0.1, 0.15) is 5.56 Å². The van der Waals surface area contributed by atoms with Crippen molar-refractivity contribution in [1.82, 2.24) is 4.57 Å². The minimum Gasteiger partial charge on any atom is -0.365 e. The molecule has 1 amide bonds. The molecule has 1 rings (SSSR count). The monoisotopic (exact) mass is 208 g/mol. The Kier molecular flexibility index (Phi) is 2.71. The van der Waals surface area contributed by atoms with E-state index in [4.69, 9.17) is 5.73 Å². The highest BCUT2D eigenvalue weighted by Gasteiger charge is 2.21. The fourth-order valence-electron chi connectivity index (χ4n) is 1.42. The van der Waals surface area contributed by atoms with Crippen molar-refractivity contribution in [3.05, 3.63) is 33.7 Å². The first-order valence-electron chi connectivity index (χ1n) is 4.74. The van der Waals surface area contributed by atoms with E-state index < -0.39 is 5.91 Å². The molecule has 0 atom stereocenters. The van der Waals surface area contributed by atoms with Gasteiger partial charge < -0.3 is 10.3 Å². The van der Waals surface area contributed by atoms with Gasteiger partial charge in [0.2, 0.25) is 0 Å². The third-order valence-corrected chi connectivity index (χ3v) is 2.23. The topological polar surface area (TPSA) is 65.1 Å². The summed E-state index contributed by atoms with van der Waals surface area (Å²) in [6, 6.07) is 0. The van der Waals surface area contributed by atoms with E-state index in [-0.39, 0.29) is 16.4 Å². The Morgan fingerprint density at radius 3 is 2.27 bits per heavy atom. The molecule has 0 aliphatic heterocycles. The van der Waals surface area contributed by atoms with Gasteiger partial charge in [-0.25, -0.2) is 0 Å². The second kappa shape index (κ2) is 3.53. The van der Waals surface area contributed by atoms with Crippen LogP contribution in [-0.4, -0.2) is 10.5 Å². The van der Waals surface area contributed by atoms with Crippen molar-refractivity contribution in [1.29, 1.82) is 0 Å². The zero-order valence-electron chi connectivity index (χ0n) is 9.50. The molecule has 0 unspecified atom stereocenters. The number of rotatable bonds is 1. The van der Waals surface area contributed by atoms with Crippen LogP contribution in [0.25, 0.3) is 0 Å². The predicted molar refractivity (Wildman–Crippen MR) is 58.9 cm³/mol. The van der Waals surface area contributed by atoms with Gasteiger partial charge in [0.25, 0.3) is 5.91 Å². The Labute approximate surface area is 88.7 Å². The molecule has 0 saturated carbocycles. The molecule has 0 fully saturated rings. The maximum atomic E-state index is 11.9. The van der Waals surface area contributed by atoms with E-state index in [1.165, 1.54) is 6.20 Å². The van der Waals surface area contributed by atoms with Crippen LogP contribution >= 0.6 is 0 Å². The molecule has 4 nitrogen and oxygen atoms in total. The minimum absolute atomic E-state index is 0.0462. The molecule has 15 heavy (non-hydrogen) atoms. The van der Waals surface area contributed by atoms with E-state index in [9.17, 15) is 9.59 Å². The average molecular weight is 208 g/mol. The van der Waals surface area contributed by atoms with E-state index in [0.29, 0.717) is 5.56 Å². The van der Waals surface area contributed by atoms with E-state index >= 15 is 0 Å². The Morgan fingerprint density at radius 1 is 1.33 bits per heavy atom. The third kappa shape index (κ3) is 2.26. The van der Waals surface area contributed by atoms with E-state index in [0.717, 1.165) is 0 Å². The molecule has 0 saturated heterocycles. The molecule has 2 N–H and O–H groups in total. The third-order valence-electron chi connectivity index (χ3n) is 2.23. The maximum Gasteiger partial charge on any atom is 0.254 e. The Bertz CT molecular complexity index is 453. The molecule has 1 aromatic rings. The van der Waals surface area contributed by atoms with Crippen LogP contribution in [0.15, 0.2) is 17.2 Å². The van der Waals surface area contributed by atoms with Gasteiger partial charge in [-0.15, -0.1) is 0 Å². The molecular weight excluding hydrogens is 192 g/mol. The summed E-state index contributed by atoms with van der Waals surface area (Å²) in [5.41, 5.74) is 5.23. The van der Waals surface area contributed by atoms with E-state index in [1.807, 2.05) is 20.8 Å². The van der Waals surface area contributed by atoms with Gasteiger partial charge in [-0.05, 0) is 5.41 Å². The maximum absolute atomic E-state index is 11.9. The molecule has 0 aliphatic carbocycles. The van der Waals surface area contributed by atoms with Gasteiger partial charge in [0.05, 0.1) is 0 Å². The Morgan fingerprint density at radius 2 is 1.87 bits per heavy atom. The van der Waals surface area contributed by atoms with Gasteiger partial charge in [0.15, 0.2) is 5.43 Å². The smallest absolute Gasteiger partial charge is 0.254 e. The van der Waals surface area contributed by atoms with Crippen molar-refractivity contribution in [2.24, 2.45) is 12.8 Å². The molecule has 0 aromatic carbocycles. The highest BCUT2D eigenvalue weighted by molar-refractivity contribution is 5.92. The summed E-state index contributed by atoms with van der Waals surface area (Å²) in [5, 5.41) is 0. The first kappa shape index (κ1) is 11.5. The van der Waals surface area contributed by atoms with Crippen LogP contribution in [0.3, 0.4) is 0 Å². The molecular formula is C11H16N2O2. The molecule has 1 heterocycles. The lowest BCUT2D eigenvalue weighted by Crippen LogP contribution is -2.31. The van der Waals surface area contributed by atoms with Crippen molar-refractivity contribution >= 4 is 5.91 Å². The summed E-state index contributed by atoms with van der Waals surface area (Å²) >= 11 is 0. The van der Waals surface area contributed by atoms with Crippen molar-refractivity contribution in [3.63, 3.8) is 0 Å². The zero-order chi connectivity index (χ0) is 11.8. The normalized spacial score (nSPS) is 11.5. The summed E-state index contributed by atoms with van der Waals surface area (Å²) in [4.78, 5) is 23.0. The van der Waals surface area contributed by atoms with E-state index in [2.05, 4.69) is 0 Å². The number of aryl methyl sites for hydroxylation is 1. The summed E-state index contributed by atoms with van der Waals surface area (Å²) in [7, 11) is 1.76. The average Bonchev–Trinajstić information content (AvgIpc) is 2.06. The van der Waals surface area contributed by atoms with Crippen LogP contribution in [0.2, 0.25) is 0 Å². The van der Waals surface area contributed by atoms with Gasteiger partial charge in [0, 0.05) is 25.0 Å². The number of carbonyl (C=O) groups is 1. The van der Waals surface area contributed by atoms with Crippen LogP contribution in [0.5, 0.6) is 0 Å². The van der Waals surface area contributed by atoms with Crippen LogP contribution in [-0.2, 0) is 12.5 Å². The number of nitrogens with zero attached hydrogens (tertiary/aromatic N) is 1. The summed E-state index contributed by atoms with van der Waals surface area (Å²) in [6.45, 7) is 5.78. The van der Waals surface area contributed by atoms with Gasteiger partial charge >= 0.3 is 0 Å². The molecule has 0 bridgehead atoms. The molecule has 4 heteroatoms. The summed E-state index contributed by atoms with van der Waals surface area (Å²) in [6.07, 6.45) is 3.19. The summed E-state index contributed by atoms with van der Waals surface area (Å²) < 4.78 is 1.68. The molecule has 0 aliphatic rings. The molecule has 82 valence electrons. The number of primary amides is 1. The van der Waals surface area contributed by atoms with Crippen LogP contribution in [0, 0.1) is 0 Å².